The summed E-state index contributed by atoms with van der Waals surface area (Å²) < 4.78 is 5.64. The second-order valence-corrected chi connectivity index (χ2v) is 6.01. The van der Waals surface area contributed by atoms with Crippen LogP contribution in [-0.4, -0.2) is 48.2 Å². The maximum Gasteiger partial charge on any atom is 1.00 e. The fourth-order valence-electron chi connectivity index (χ4n) is 2.22. The van der Waals surface area contributed by atoms with E-state index < -0.39 is 12.1 Å². The van der Waals surface area contributed by atoms with Gasteiger partial charge in [-0.2, -0.15) is 4.98 Å². The third kappa shape index (κ3) is 6.81. The van der Waals surface area contributed by atoms with Crippen LogP contribution in [0, 0.1) is 9.54 Å². The fourth-order valence-corrected chi connectivity index (χ4v) is 2.67. The summed E-state index contributed by atoms with van der Waals surface area (Å²) in [5, 5.41) is 14.1. The van der Waals surface area contributed by atoms with Gasteiger partial charge in [0.05, 0.1) is 5.97 Å². The summed E-state index contributed by atoms with van der Waals surface area (Å²) in [5.41, 5.74) is 1.47. The molecule has 0 fully saturated rings. The predicted octanol–water partition coefficient (Wildman–Crippen LogP) is -1.81. The molecule has 8 nitrogen and oxygen atoms in total. The van der Waals surface area contributed by atoms with Gasteiger partial charge >= 0.3 is 51.4 Å². The summed E-state index contributed by atoms with van der Waals surface area (Å²) in [4.78, 5) is 22.7. The Hall–Kier alpha value is -0.664. The first-order valence-electron chi connectivity index (χ1n) is 7.40. The molecule has 1 unspecified atom stereocenters. The minimum absolute atomic E-state index is 0. The van der Waals surface area contributed by atoms with Gasteiger partial charge in [0.1, 0.15) is 6.10 Å². The van der Waals surface area contributed by atoms with Gasteiger partial charge in [-0.1, -0.05) is 12.1 Å². The molecular formula is C15H18KN5O3S2. The molecule has 0 aliphatic carbocycles. The van der Waals surface area contributed by atoms with Crippen LogP contribution in [0.15, 0.2) is 24.3 Å². The number of aromatic amines is 2. The van der Waals surface area contributed by atoms with Gasteiger partial charge in [-0.3, -0.25) is 0 Å². The van der Waals surface area contributed by atoms with Gasteiger partial charge in [0.15, 0.2) is 4.77 Å². The average molecular weight is 420 g/mol. The van der Waals surface area contributed by atoms with Crippen LogP contribution in [0.2, 0.25) is 0 Å². The van der Waals surface area contributed by atoms with Gasteiger partial charge in [0, 0.05) is 32.9 Å². The molecular weight excluding hydrogens is 401 g/mol. The summed E-state index contributed by atoms with van der Waals surface area (Å²) in [6.45, 7) is 1.29. The van der Waals surface area contributed by atoms with E-state index in [9.17, 15) is 9.90 Å². The van der Waals surface area contributed by atoms with Crippen LogP contribution in [0.5, 0.6) is 0 Å². The zero-order chi connectivity index (χ0) is 18.4. The molecule has 0 bridgehead atoms. The number of carboxylic acids is 1. The van der Waals surface area contributed by atoms with Crippen LogP contribution in [0.4, 0.5) is 11.6 Å². The van der Waals surface area contributed by atoms with E-state index in [-0.39, 0.29) is 51.4 Å². The van der Waals surface area contributed by atoms with E-state index in [2.05, 4.69) is 20.3 Å². The van der Waals surface area contributed by atoms with Crippen LogP contribution in [0.3, 0.4) is 0 Å². The monoisotopic (exact) mass is 419 g/mol. The molecule has 0 saturated carbocycles. The van der Waals surface area contributed by atoms with Gasteiger partial charge in [-0.05, 0) is 42.1 Å². The van der Waals surface area contributed by atoms with Crippen LogP contribution >= 0.6 is 24.4 Å². The summed E-state index contributed by atoms with van der Waals surface area (Å²) in [7, 11) is 3.26. The number of benzene rings is 1. The van der Waals surface area contributed by atoms with Crippen molar-refractivity contribution in [2.45, 2.75) is 6.10 Å². The number of ether oxygens (including phenoxy) is 1. The summed E-state index contributed by atoms with van der Waals surface area (Å²) in [6, 6.07) is 7.07. The Kier molecular flexibility index (Phi) is 10.1. The molecule has 0 amide bonds. The molecule has 1 aromatic carbocycles. The molecule has 1 atom stereocenters. The topological polar surface area (TPSA) is 109 Å². The molecule has 0 saturated heterocycles. The Labute approximate surface area is 203 Å². The van der Waals surface area contributed by atoms with E-state index in [1.54, 1.807) is 12.1 Å². The minimum Gasteiger partial charge on any atom is -0.547 e. The zero-order valence-corrected chi connectivity index (χ0v) is 19.5. The number of carbonyl (C=O) groups is 1. The molecule has 2 rings (SSSR count). The van der Waals surface area contributed by atoms with Gasteiger partial charge in [0.25, 0.3) is 0 Å². The smallest absolute Gasteiger partial charge is 0.547 e. The van der Waals surface area contributed by atoms with Gasteiger partial charge in [-0.25, -0.2) is 0 Å². The number of hydrogen-bond acceptors (Lipinski definition) is 8. The number of methoxy groups -OCH3 is 1. The first-order valence-corrected chi connectivity index (χ1v) is 8.21. The zero-order valence-electron chi connectivity index (χ0n) is 14.7. The number of nitrogens with one attached hydrogen (secondary N) is 3. The average Bonchev–Trinajstić information content (AvgIpc) is 2.55. The minimum atomic E-state index is -1.26. The molecule has 0 spiro atoms. The van der Waals surface area contributed by atoms with Crippen molar-refractivity contribution in [1.29, 1.82) is 0 Å². The van der Waals surface area contributed by atoms with Crippen molar-refractivity contribution in [2.75, 3.05) is 37.5 Å². The Balaban J connectivity index is 0.00000338. The van der Waals surface area contributed by atoms with E-state index in [0.29, 0.717) is 34.1 Å². The number of hydrogen-bond donors (Lipinski definition) is 3. The van der Waals surface area contributed by atoms with E-state index in [0.717, 1.165) is 5.69 Å². The van der Waals surface area contributed by atoms with Gasteiger partial charge in [0.2, 0.25) is 10.7 Å². The molecule has 2 aromatic rings. The first kappa shape index (κ1) is 23.4. The maximum atomic E-state index is 11.0. The number of carbonyl (C=O) groups excluding carboxylic acids is 1. The molecule has 0 aliphatic rings. The van der Waals surface area contributed by atoms with E-state index >= 15 is 0 Å². The summed E-state index contributed by atoms with van der Waals surface area (Å²) in [6.07, 6.45) is -1.07. The Morgan fingerprint density at radius 2 is 2.00 bits per heavy atom. The largest absolute Gasteiger partial charge is 1.00 e. The predicted molar refractivity (Wildman–Crippen MR) is 97.6 cm³/mol. The van der Waals surface area contributed by atoms with Crippen molar-refractivity contribution >= 4 is 42.0 Å². The molecule has 1 aromatic heterocycles. The number of anilines is 2. The maximum absolute atomic E-state index is 11.0. The van der Waals surface area contributed by atoms with Gasteiger partial charge < -0.3 is 34.8 Å². The first-order chi connectivity index (χ1) is 11.9. The Morgan fingerprint density at radius 3 is 2.54 bits per heavy atom. The molecule has 11 heteroatoms. The normalized spacial score (nSPS) is 11.3. The number of nitrogens with zero attached hydrogens (tertiary/aromatic N) is 2. The SMILES string of the molecule is COC(C(=O)[O-])c1ccc(N(C)CCNc2nc(=S)[nH]c(=S)[nH]2)cc1.[K+]. The molecule has 0 radical (unpaired) electrons. The summed E-state index contributed by atoms with van der Waals surface area (Å²) >= 11 is 9.97. The van der Waals surface area contributed by atoms with Crippen LogP contribution < -0.4 is 66.7 Å². The second kappa shape index (κ2) is 11.2. The number of aliphatic carboxylic acids is 1. The van der Waals surface area contributed by atoms with Crippen LogP contribution in [0.1, 0.15) is 11.7 Å². The van der Waals surface area contributed by atoms with E-state index in [1.165, 1.54) is 7.11 Å². The number of aromatic nitrogens is 3. The van der Waals surface area contributed by atoms with Crippen molar-refractivity contribution in [3.63, 3.8) is 0 Å². The molecule has 3 N–H and O–H groups in total. The molecule has 0 aliphatic heterocycles. The number of H-pyrrole nitrogens is 2. The van der Waals surface area contributed by atoms with Crippen molar-refractivity contribution in [3.05, 3.63) is 39.4 Å². The number of rotatable bonds is 8. The molecule has 134 valence electrons. The van der Waals surface area contributed by atoms with Crippen molar-refractivity contribution in [1.82, 2.24) is 15.0 Å². The molecule has 1 heterocycles. The standard InChI is InChI=1S/C15H19N5O3S2.K/c1-20(8-7-16-13-17-14(24)19-15(25)18-13)10-5-3-9(4-6-10)11(23-2)12(21)22;/h3-6,11H,7-8H2,1-2H3,(H,21,22)(H3,16,17,18,19,24,25);/q;+1/p-1. The van der Waals surface area contributed by atoms with Gasteiger partial charge in [-0.15, -0.1) is 0 Å². The second-order valence-electron chi connectivity index (χ2n) is 5.22. The summed E-state index contributed by atoms with van der Waals surface area (Å²) in [5.74, 6) is -0.756. The third-order valence-corrected chi connectivity index (χ3v) is 3.89. The molecule has 26 heavy (non-hydrogen) atoms. The van der Waals surface area contributed by atoms with Crippen molar-refractivity contribution < 1.29 is 66.0 Å². The van der Waals surface area contributed by atoms with E-state index in [1.807, 2.05) is 24.1 Å². The number of likely N-dealkylation sites (N-methyl/N-ethyl adjacent to an activating group) is 1. The van der Waals surface area contributed by atoms with Crippen molar-refractivity contribution in [2.24, 2.45) is 0 Å². The van der Waals surface area contributed by atoms with Crippen LogP contribution in [-0.2, 0) is 9.53 Å². The Morgan fingerprint density at radius 1 is 1.35 bits per heavy atom. The quantitative estimate of drug-likeness (QED) is 0.339. The third-order valence-electron chi connectivity index (χ3n) is 3.49. The van der Waals surface area contributed by atoms with E-state index in [4.69, 9.17) is 29.2 Å². The fraction of sp³-hybridized carbons (Fsp3) is 0.333. The number of carboxylic acid groups (broad SMARTS) is 1. The van der Waals surface area contributed by atoms with Crippen molar-refractivity contribution in [3.8, 4) is 0 Å². The van der Waals surface area contributed by atoms with Crippen LogP contribution in [0.25, 0.3) is 0 Å². The Bertz CT molecular complexity index is 812.